The molecule has 1 aromatic carbocycles. The first-order chi connectivity index (χ1) is 11.3. The molecule has 4 aromatic rings. The highest BCUT2D eigenvalue weighted by Crippen LogP contribution is 2.33. The van der Waals surface area contributed by atoms with E-state index in [0.29, 0.717) is 5.82 Å². The van der Waals surface area contributed by atoms with Crippen LogP contribution in [0.5, 0.6) is 0 Å². The molecule has 0 atom stereocenters. The van der Waals surface area contributed by atoms with E-state index in [2.05, 4.69) is 51.9 Å². The van der Waals surface area contributed by atoms with Crippen molar-refractivity contribution in [3.63, 3.8) is 0 Å². The molecule has 0 aliphatic carbocycles. The molecule has 0 bridgehead atoms. The van der Waals surface area contributed by atoms with Crippen molar-refractivity contribution in [1.82, 2.24) is 14.5 Å². The Morgan fingerprint density at radius 3 is 2.87 bits per heavy atom. The third-order valence-electron chi connectivity index (χ3n) is 3.93. The number of fused-ring (bicyclic) bond motifs is 1. The second kappa shape index (κ2) is 5.52. The molecule has 0 aliphatic rings. The van der Waals surface area contributed by atoms with E-state index < -0.39 is 0 Å². The van der Waals surface area contributed by atoms with Gasteiger partial charge in [-0.25, -0.2) is 4.98 Å². The number of hydrogen-bond donors (Lipinski definition) is 1. The van der Waals surface area contributed by atoms with E-state index in [1.54, 1.807) is 17.5 Å². The average molecular weight is 320 g/mol. The number of nitrogen functional groups attached to an aromatic ring is 1. The zero-order valence-corrected chi connectivity index (χ0v) is 13.5. The van der Waals surface area contributed by atoms with E-state index in [-0.39, 0.29) is 0 Å². The maximum Gasteiger partial charge on any atom is 0.142 e. The molecule has 0 aliphatic heterocycles. The van der Waals surface area contributed by atoms with Gasteiger partial charge in [0.2, 0.25) is 0 Å². The molecule has 4 rings (SSSR count). The lowest BCUT2D eigenvalue weighted by Crippen LogP contribution is -1.97. The summed E-state index contributed by atoms with van der Waals surface area (Å²) >= 11 is 1.64. The summed E-state index contributed by atoms with van der Waals surface area (Å²) in [5.41, 5.74) is 9.85. The first kappa shape index (κ1) is 14.0. The summed E-state index contributed by atoms with van der Waals surface area (Å²) in [6.45, 7) is 3.11. The quantitative estimate of drug-likeness (QED) is 0.607. The number of thiophene rings is 1. The second-order valence-electron chi connectivity index (χ2n) is 5.34. The minimum absolute atomic E-state index is 0.440. The number of benzene rings is 1. The highest BCUT2D eigenvalue weighted by molar-refractivity contribution is 7.13. The van der Waals surface area contributed by atoms with E-state index in [4.69, 9.17) is 5.73 Å². The van der Waals surface area contributed by atoms with Crippen LogP contribution in [0.4, 0.5) is 5.82 Å². The number of hydrogen-bond acceptors (Lipinski definition) is 4. The van der Waals surface area contributed by atoms with Crippen molar-refractivity contribution < 1.29 is 0 Å². The Kier molecular flexibility index (Phi) is 3.35. The van der Waals surface area contributed by atoms with Crippen LogP contribution in [0.1, 0.15) is 6.92 Å². The Balaban J connectivity index is 1.91. The normalized spacial score (nSPS) is 11.2. The molecule has 3 heterocycles. The highest BCUT2D eigenvalue weighted by Gasteiger charge is 2.13. The Labute approximate surface area is 138 Å². The number of aromatic nitrogens is 3. The fourth-order valence-corrected chi connectivity index (χ4v) is 3.54. The minimum Gasteiger partial charge on any atom is -0.382 e. The summed E-state index contributed by atoms with van der Waals surface area (Å²) in [7, 11) is 0. The van der Waals surface area contributed by atoms with Crippen LogP contribution in [-0.2, 0) is 6.54 Å². The van der Waals surface area contributed by atoms with Gasteiger partial charge in [-0.1, -0.05) is 12.1 Å². The van der Waals surface area contributed by atoms with Crippen molar-refractivity contribution in [2.24, 2.45) is 0 Å². The summed E-state index contributed by atoms with van der Waals surface area (Å²) in [5.74, 6) is 0.440. The van der Waals surface area contributed by atoms with Gasteiger partial charge in [-0.05, 0) is 36.6 Å². The zero-order valence-electron chi connectivity index (χ0n) is 12.7. The molecular weight excluding hydrogens is 304 g/mol. The number of rotatable bonds is 3. The number of aryl methyl sites for hydroxylation is 1. The SMILES string of the molecule is CCn1ccc2cc(-c3ncc(N)nc3-c3cccs3)ccc21. The van der Waals surface area contributed by atoms with Crippen LogP contribution < -0.4 is 5.73 Å². The topological polar surface area (TPSA) is 56.7 Å². The van der Waals surface area contributed by atoms with Crippen LogP contribution >= 0.6 is 11.3 Å². The van der Waals surface area contributed by atoms with E-state index >= 15 is 0 Å². The summed E-state index contributed by atoms with van der Waals surface area (Å²) in [6, 6.07) is 12.6. The van der Waals surface area contributed by atoms with Gasteiger partial charge in [0.1, 0.15) is 11.5 Å². The number of nitrogens with two attached hydrogens (primary N) is 1. The lowest BCUT2D eigenvalue weighted by Gasteiger charge is -2.08. The Hall–Kier alpha value is -2.66. The predicted octanol–water partition coefficient (Wildman–Crippen LogP) is 4.43. The highest BCUT2D eigenvalue weighted by atomic mass is 32.1. The summed E-state index contributed by atoms with van der Waals surface area (Å²) < 4.78 is 2.23. The molecule has 0 amide bonds. The molecule has 0 fully saturated rings. The summed E-state index contributed by atoms with van der Waals surface area (Å²) in [4.78, 5) is 10.1. The van der Waals surface area contributed by atoms with Gasteiger partial charge >= 0.3 is 0 Å². The van der Waals surface area contributed by atoms with Gasteiger partial charge in [-0.2, -0.15) is 0 Å². The van der Waals surface area contributed by atoms with Crippen molar-refractivity contribution in [2.45, 2.75) is 13.5 Å². The second-order valence-corrected chi connectivity index (χ2v) is 6.29. The van der Waals surface area contributed by atoms with E-state index in [1.807, 2.05) is 17.5 Å². The van der Waals surface area contributed by atoms with Gasteiger partial charge in [0.05, 0.1) is 16.8 Å². The van der Waals surface area contributed by atoms with Gasteiger partial charge in [-0.3, -0.25) is 4.98 Å². The van der Waals surface area contributed by atoms with Crippen molar-refractivity contribution >= 4 is 28.1 Å². The molecule has 0 saturated heterocycles. The number of nitrogens with zero attached hydrogens (tertiary/aromatic N) is 3. The first-order valence-electron chi connectivity index (χ1n) is 7.52. The zero-order chi connectivity index (χ0) is 15.8. The van der Waals surface area contributed by atoms with Crippen molar-refractivity contribution in [2.75, 3.05) is 5.73 Å². The Bertz CT molecular complexity index is 970. The number of anilines is 1. The van der Waals surface area contributed by atoms with Crippen molar-refractivity contribution in [1.29, 1.82) is 0 Å². The molecule has 0 spiro atoms. The van der Waals surface area contributed by atoms with Crippen LogP contribution in [0.25, 0.3) is 32.7 Å². The molecule has 5 heteroatoms. The van der Waals surface area contributed by atoms with Gasteiger partial charge < -0.3 is 10.3 Å². The maximum atomic E-state index is 5.85. The molecular formula is C18H16N4S. The van der Waals surface area contributed by atoms with Gasteiger partial charge in [0, 0.05) is 29.2 Å². The van der Waals surface area contributed by atoms with E-state index in [9.17, 15) is 0 Å². The van der Waals surface area contributed by atoms with Crippen LogP contribution in [0.3, 0.4) is 0 Å². The van der Waals surface area contributed by atoms with E-state index in [1.165, 1.54) is 10.9 Å². The third kappa shape index (κ3) is 2.39. The van der Waals surface area contributed by atoms with Crippen LogP contribution in [0, 0.1) is 0 Å². The molecule has 0 unspecified atom stereocenters. The smallest absolute Gasteiger partial charge is 0.142 e. The Morgan fingerprint density at radius 1 is 1.17 bits per heavy atom. The largest absolute Gasteiger partial charge is 0.382 e. The van der Waals surface area contributed by atoms with E-state index in [0.717, 1.165) is 28.4 Å². The fourth-order valence-electron chi connectivity index (χ4n) is 2.82. The Morgan fingerprint density at radius 2 is 2.09 bits per heavy atom. The molecule has 4 nitrogen and oxygen atoms in total. The standard InChI is InChI=1S/C18H16N4S/c1-2-22-8-7-12-10-13(5-6-14(12)22)17-18(15-4-3-9-23-15)21-16(19)11-20-17/h3-11H,2H2,1H3,(H2,19,21). The summed E-state index contributed by atoms with van der Waals surface area (Å²) in [5, 5.41) is 3.24. The molecule has 23 heavy (non-hydrogen) atoms. The van der Waals surface area contributed by atoms with Crippen LogP contribution in [0.2, 0.25) is 0 Å². The molecule has 0 radical (unpaired) electrons. The van der Waals surface area contributed by atoms with Gasteiger partial charge in [0.15, 0.2) is 0 Å². The maximum absolute atomic E-state index is 5.85. The minimum atomic E-state index is 0.440. The molecule has 114 valence electrons. The van der Waals surface area contributed by atoms with Crippen LogP contribution in [0.15, 0.2) is 54.2 Å². The molecule has 2 N–H and O–H groups in total. The predicted molar refractivity (Wildman–Crippen MR) is 96.4 cm³/mol. The lowest BCUT2D eigenvalue weighted by molar-refractivity contribution is 0.798. The average Bonchev–Trinajstić information content (AvgIpc) is 3.23. The van der Waals surface area contributed by atoms with Crippen molar-refractivity contribution in [3.8, 4) is 21.8 Å². The summed E-state index contributed by atoms with van der Waals surface area (Å²) in [6.07, 6.45) is 3.73. The van der Waals surface area contributed by atoms with Crippen LogP contribution in [-0.4, -0.2) is 14.5 Å². The van der Waals surface area contributed by atoms with Gasteiger partial charge in [0.25, 0.3) is 0 Å². The molecule has 0 saturated carbocycles. The monoisotopic (exact) mass is 320 g/mol. The molecule has 3 aromatic heterocycles. The first-order valence-corrected chi connectivity index (χ1v) is 8.40. The van der Waals surface area contributed by atoms with Crippen molar-refractivity contribution in [3.05, 3.63) is 54.2 Å². The lowest BCUT2D eigenvalue weighted by atomic mass is 10.1. The third-order valence-corrected chi connectivity index (χ3v) is 4.81. The fraction of sp³-hybridized carbons (Fsp3) is 0.111. The van der Waals surface area contributed by atoms with Gasteiger partial charge in [-0.15, -0.1) is 11.3 Å².